The van der Waals surface area contributed by atoms with Gasteiger partial charge in [-0.25, -0.2) is 4.79 Å². The molecule has 0 aromatic heterocycles. The highest BCUT2D eigenvalue weighted by atomic mass is 16.6. The molecule has 0 fully saturated rings. The lowest BCUT2D eigenvalue weighted by molar-refractivity contribution is -0.144. The summed E-state index contributed by atoms with van der Waals surface area (Å²) in [7, 11) is 0. The smallest absolute Gasteiger partial charge is 0.407 e. The Kier molecular flexibility index (Phi) is 12.1. The molecule has 1 aromatic rings. The number of allylic oxidation sites excluding steroid dienone is 2. The number of nitrogens with one attached hydrogen (secondary N) is 2. The summed E-state index contributed by atoms with van der Waals surface area (Å²) in [5.41, 5.74) is 1.42. The van der Waals surface area contributed by atoms with Crippen molar-refractivity contribution in [1.82, 2.24) is 10.6 Å². The van der Waals surface area contributed by atoms with Crippen molar-refractivity contribution in [2.45, 2.75) is 92.8 Å². The number of benzene rings is 1. The Balaban J connectivity index is 1.84. The molecule has 1 aromatic carbocycles. The minimum atomic E-state index is -0.615. The summed E-state index contributed by atoms with van der Waals surface area (Å²) in [4.78, 5) is 53.2. The number of aliphatic hydroxyl groups is 1. The van der Waals surface area contributed by atoms with Crippen molar-refractivity contribution in [2.24, 2.45) is 16.3 Å². The second-order valence-corrected chi connectivity index (χ2v) is 12.5. The number of alkyl carbamates (subject to hydrolysis) is 1. The molecule has 226 valence electrons. The third-order valence-electron chi connectivity index (χ3n) is 6.01. The predicted octanol–water partition coefficient (Wildman–Crippen LogP) is 5.47. The van der Waals surface area contributed by atoms with Crippen LogP contribution in [-0.4, -0.2) is 53.3 Å². The molecular formula is C31H45N3O7. The van der Waals surface area contributed by atoms with Crippen LogP contribution >= 0.6 is 0 Å². The highest BCUT2D eigenvalue weighted by Crippen LogP contribution is 2.37. The van der Waals surface area contributed by atoms with E-state index in [9.17, 15) is 24.3 Å². The number of amides is 2. The Hall–Kier alpha value is -3.69. The van der Waals surface area contributed by atoms with Crippen LogP contribution in [0.4, 0.5) is 10.5 Å². The number of ketones is 1. The summed E-state index contributed by atoms with van der Waals surface area (Å²) in [6.07, 6.45) is 0.834. The molecule has 1 aliphatic rings. The van der Waals surface area contributed by atoms with Gasteiger partial charge in [0.15, 0.2) is 5.78 Å². The number of carbonyl (C=O) groups excluding carboxylic acids is 4. The second kappa shape index (κ2) is 14.8. The quantitative estimate of drug-likeness (QED) is 0.223. The molecule has 1 aliphatic carbocycles. The fraction of sp³-hybridized carbons (Fsp3) is 0.581. The van der Waals surface area contributed by atoms with Gasteiger partial charge in [0, 0.05) is 32.4 Å². The van der Waals surface area contributed by atoms with Crippen molar-refractivity contribution in [3.63, 3.8) is 0 Å². The van der Waals surface area contributed by atoms with Gasteiger partial charge in [-0.1, -0.05) is 39.8 Å². The molecule has 0 heterocycles. The SMILES string of the molecule is CC(C)CC(=Nc1ccc(COC(=O)CCNC(=O)CCNC(=O)OC(C)(C)C)cc1)C1=C(O)CC(C)(C)CC1=O. The van der Waals surface area contributed by atoms with Crippen LogP contribution in [0.15, 0.2) is 40.6 Å². The first kappa shape index (κ1) is 33.5. The zero-order valence-corrected chi connectivity index (χ0v) is 25.4. The molecule has 0 aliphatic heterocycles. The number of aliphatic imine (C=N–C) groups is 1. The molecule has 10 nitrogen and oxygen atoms in total. The van der Waals surface area contributed by atoms with Gasteiger partial charge in [0.1, 0.15) is 18.0 Å². The van der Waals surface area contributed by atoms with E-state index in [0.29, 0.717) is 36.2 Å². The van der Waals surface area contributed by atoms with E-state index in [4.69, 9.17) is 14.5 Å². The van der Waals surface area contributed by atoms with Crippen molar-refractivity contribution >= 4 is 35.2 Å². The van der Waals surface area contributed by atoms with Crippen molar-refractivity contribution in [3.8, 4) is 0 Å². The van der Waals surface area contributed by atoms with Crippen molar-refractivity contribution in [3.05, 3.63) is 41.2 Å². The summed E-state index contributed by atoms with van der Waals surface area (Å²) < 4.78 is 10.4. The number of esters is 1. The molecule has 41 heavy (non-hydrogen) atoms. The van der Waals surface area contributed by atoms with E-state index in [1.165, 1.54) is 0 Å². The van der Waals surface area contributed by atoms with Crippen LogP contribution in [0.5, 0.6) is 0 Å². The second-order valence-electron chi connectivity index (χ2n) is 12.5. The molecular weight excluding hydrogens is 526 g/mol. The lowest BCUT2D eigenvalue weighted by Crippen LogP contribution is -2.35. The topological polar surface area (TPSA) is 143 Å². The lowest BCUT2D eigenvalue weighted by Gasteiger charge is -2.30. The van der Waals surface area contributed by atoms with Gasteiger partial charge < -0.3 is 25.2 Å². The van der Waals surface area contributed by atoms with E-state index < -0.39 is 17.7 Å². The molecule has 0 atom stereocenters. The summed E-state index contributed by atoms with van der Waals surface area (Å²) in [6.45, 7) is 13.6. The summed E-state index contributed by atoms with van der Waals surface area (Å²) in [6, 6.07) is 7.14. The Morgan fingerprint density at radius 2 is 1.66 bits per heavy atom. The van der Waals surface area contributed by atoms with Crippen LogP contribution in [0, 0.1) is 11.3 Å². The van der Waals surface area contributed by atoms with E-state index in [2.05, 4.69) is 10.6 Å². The van der Waals surface area contributed by atoms with Crippen molar-refractivity contribution in [2.75, 3.05) is 13.1 Å². The van der Waals surface area contributed by atoms with E-state index in [1.54, 1.807) is 45.0 Å². The Morgan fingerprint density at radius 1 is 1.02 bits per heavy atom. The van der Waals surface area contributed by atoms with Crippen LogP contribution in [0.1, 0.15) is 86.1 Å². The minimum Gasteiger partial charge on any atom is -0.511 e. The molecule has 0 spiro atoms. The van der Waals surface area contributed by atoms with Gasteiger partial charge in [-0.15, -0.1) is 0 Å². The van der Waals surface area contributed by atoms with Gasteiger partial charge >= 0.3 is 12.1 Å². The molecule has 0 radical (unpaired) electrons. The Labute approximate surface area is 243 Å². The molecule has 2 rings (SSSR count). The normalized spacial score (nSPS) is 15.5. The van der Waals surface area contributed by atoms with Gasteiger partial charge in [0.2, 0.25) is 5.91 Å². The van der Waals surface area contributed by atoms with Crippen molar-refractivity contribution in [1.29, 1.82) is 0 Å². The van der Waals surface area contributed by atoms with Gasteiger partial charge in [0.25, 0.3) is 0 Å². The monoisotopic (exact) mass is 571 g/mol. The molecule has 0 saturated carbocycles. The Bertz CT molecular complexity index is 1160. The van der Waals surface area contributed by atoms with Crippen LogP contribution in [-0.2, 0) is 30.5 Å². The lowest BCUT2D eigenvalue weighted by atomic mass is 9.75. The van der Waals surface area contributed by atoms with E-state index in [-0.39, 0.29) is 61.3 Å². The number of ether oxygens (including phenoxy) is 2. The zero-order valence-electron chi connectivity index (χ0n) is 25.4. The number of hydrogen-bond acceptors (Lipinski definition) is 8. The Morgan fingerprint density at radius 3 is 2.24 bits per heavy atom. The number of carbonyl (C=O) groups is 4. The first-order chi connectivity index (χ1) is 19.0. The van der Waals surface area contributed by atoms with E-state index >= 15 is 0 Å². The summed E-state index contributed by atoms with van der Waals surface area (Å²) in [5, 5.41) is 15.8. The highest BCUT2D eigenvalue weighted by molar-refractivity contribution is 6.23. The van der Waals surface area contributed by atoms with Crippen LogP contribution in [0.2, 0.25) is 0 Å². The number of rotatable bonds is 12. The highest BCUT2D eigenvalue weighted by Gasteiger charge is 2.35. The molecule has 10 heteroatoms. The maximum Gasteiger partial charge on any atom is 0.407 e. The molecule has 0 bridgehead atoms. The largest absolute Gasteiger partial charge is 0.511 e. The summed E-state index contributed by atoms with van der Waals surface area (Å²) >= 11 is 0. The maximum absolute atomic E-state index is 12.9. The van der Waals surface area contributed by atoms with Crippen LogP contribution in [0.25, 0.3) is 0 Å². The molecule has 0 saturated heterocycles. The zero-order chi connectivity index (χ0) is 30.8. The maximum atomic E-state index is 12.9. The molecule has 3 N–H and O–H groups in total. The third kappa shape index (κ3) is 12.6. The number of hydrogen-bond donors (Lipinski definition) is 3. The van der Waals surface area contributed by atoms with E-state index in [0.717, 1.165) is 5.56 Å². The standard InChI is InChI=1S/C31H45N3O7/c1-20(2)16-23(28-24(35)17-31(6,7)18-25(28)36)34-22-10-8-21(9-11-22)19-40-27(38)13-15-32-26(37)12-14-33-29(39)41-30(3,4)5/h8-11,20,35H,12-19H2,1-7H3,(H,32,37)(H,33,39). The van der Waals surface area contributed by atoms with Gasteiger partial charge in [0.05, 0.1) is 23.4 Å². The average Bonchev–Trinajstić information content (AvgIpc) is 2.80. The predicted molar refractivity (Wildman–Crippen MR) is 157 cm³/mol. The number of Topliss-reactive ketones (excluding diaryl/α,β-unsaturated/α-hetero) is 1. The van der Waals surface area contributed by atoms with Gasteiger partial charge in [-0.3, -0.25) is 19.4 Å². The first-order valence-corrected chi connectivity index (χ1v) is 14.1. The molecule has 0 unspecified atom stereocenters. The number of nitrogens with zero attached hydrogens (tertiary/aromatic N) is 1. The molecule has 2 amide bonds. The number of aliphatic hydroxyl groups excluding tert-OH is 1. The fourth-order valence-corrected chi connectivity index (χ4v) is 4.25. The van der Waals surface area contributed by atoms with E-state index in [1.807, 2.05) is 27.7 Å². The van der Waals surface area contributed by atoms with Crippen LogP contribution in [0.3, 0.4) is 0 Å². The van der Waals surface area contributed by atoms with Crippen molar-refractivity contribution < 1.29 is 33.8 Å². The first-order valence-electron chi connectivity index (χ1n) is 14.1. The van der Waals surface area contributed by atoms with Gasteiger partial charge in [-0.2, -0.15) is 0 Å². The summed E-state index contributed by atoms with van der Waals surface area (Å²) in [5.74, 6) is -0.503. The average molecular weight is 572 g/mol. The third-order valence-corrected chi connectivity index (χ3v) is 6.01. The minimum absolute atomic E-state index is 0.00954. The fourth-order valence-electron chi connectivity index (χ4n) is 4.25. The van der Waals surface area contributed by atoms with Gasteiger partial charge in [-0.05, 0) is 56.2 Å². The van der Waals surface area contributed by atoms with Crippen LogP contribution < -0.4 is 10.6 Å².